The molecule has 0 aliphatic carbocycles. The van der Waals surface area contributed by atoms with Gasteiger partial charge in [-0.3, -0.25) is 9.55 Å². The Morgan fingerprint density at radius 2 is 1.72 bits per heavy atom. The first-order valence-corrected chi connectivity index (χ1v) is 9.22. The van der Waals surface area contributed by atoms with Crippen molar-refractivity contribution in [2.24, 2.45) is 4.99 Å². The van der Waals surface area contributed by atoms with Gasteiger partial charge in [0, 0.05) is 18.2 Å². The molecule has 2 aromatic carbocycles. The van der Waals surface area contributed by atoms with Gasteiger partial charge in [-0.15, -0.1) is 0 Å². The van der Waals surface area contributed by atoms with Crippen LogP contribution in [0.2, 0.25) is 0 Å². The van der Waals surface area contributed by atoms with Gasteiger partial charge in [0.25, 0.3) is 0 Å². The molecule has 0 radical (unpaired) electrons. The lowest BCUT2D eigenvalue weighted by molar-refractivity contribution is 0.354. The minimum Gasteiger partial charge on any atom is -0.493 e. The van der Waals surface area contributed by atoms with E-state index in [1.807, 2.05) is 32.9 Å². The highest BCUT2D eigenvalue weighted by Crippen LogP contribution is 2.37. The largest absolute Gasteiger partial charge is 0.493 e. The quantitative estimate of drug-likeness (QED) is 0.735. The first kappa shape index (κ1) is 13.0. The van der Waals surface area contributed by atoms with Crippen LogP contribution in [0.4, 0.5) is 5.69 Å². The lowest BCUT2D eigenvalue weighted by Gasteiger charge is -2.23. The van der Waals surface area contributed by atoms with E-state index < -0.39 is 14.1 Å². The maximum Gasteiger partial charge on any atom is 0.327 e. The molecule has 2 heterocycles. The minimum absolute atomic E-state index is 0.200. The van der Waals surface area contributed by atoms with Crippen LogP contribution in [0.25, 0.3) is 11.3 Å². The van der Waals surface area contributed by atoms with E-state index in [-0.39, 0.29) is 17.2 Å². The summed E-state index contributed by atoms with van der Waals surface area (Å²) >= 11 is 0. The molecule has 6 nitrogen and oxygen atoms in total. The molecule has 1 aliphatic rings. The van der Waals surface area contributed by atoms with E-state index in [1.165, 1.54) is 16.7 Å². The Labute approximate surface area is 177 Å². The van der Waals surface area contributed by atoms with E-state index in [9.17, 15) is 4.79 Å². The number of aryl methyl sites for hydroxylation is 4. The topological polar surface area (TPSA) is 68.6 Å². The standard InChI is InChI=1S/C23H25N3O3/c1-13-8-14(2)22(15(3)9-13)24-21-12-18-17-11-20(29-5)19(28-4)10-16(17)6-7-26(18)23(27)25-21/h8-12H,6-7H2,1-5H3,(H,24,25,27)/i4D3,5D3. The lowest BCUT2D eigenvalue weighted by Crippen LogP contribution is -2.33. The minimum atomic E-state index is -2.83. The SMILES string of the molecule is [2H]C([2H])([2H])Oc1cc2c(cc1OC([2H])([2H])[2H])-c1c/c(=N\c3c(C)cc(C)cc3C)[nH]c(=O)n1CC2. The third-order valence-corrected chi connectivity index (χ3v) is 5.18. The van der Waals surface area contributed by atoms with Crippen LogP contribution in [-0.4, -0.2) is 23.6 Å². The molecule has 1 aliphatic heterocycles. The summed E-state index contributed by atoms with van der Waals surface area (Å²) in [6.45, 7) is 6.24. The van der Waals surface area contributed by atoms with Gasteiger partial charge in [0.1, 0.15) is 5.49 Å². The number of nitrogens with zero attached hydrogens (tertiary/aromatic N) is 2. The van der Waals surface area contributed by atoms with E-state index in [1.54, 1.807) is 6.07 Å². The molecule has 6 heteroatoms. The van der Waals surface area contributed by atoms with Gasteiger partial charge in [-0.2, -0.15) is 0 Å². The van der Waals surface area contributed by atoms with Crippen LogP contribution >= 0.6 is 0 Å². The summed E-state index contributed by atoms with van der Waals surface area (Å²) in [5.74, 6) is -0.452. The number of benzene rings is 2. The molecule has 0 bridgehead atoms. The highest BCUT2D eigenvalue weighted by atomic mass is 16.5. The zero-order valence-corrected chi connectivity index (χ0v) is 16.4. The molecule has 0 spiro atoms. The molecule has 3 aromatic rings. The van der Waals surface area contributed by atoms with Crippen molar-refractivity contribution in [1.82, 2.24) is 9.55 Å². The van der Waals surface area contributed by atoms with Crippen LogP contribution in [0, 0.1) is 20.8 Å². The molecule has 0 saturated carbocycles. The second kappa shape index (κ2) is 7.28. The number of aromatic amines is 1. The second-order valence-electron chi connectivity index (χ2n) is 7.27. The number of rotatable bonds is 3. The fourth-order valence-electron chi connectivity index (χ4n) is 3.94. The number of hydrogen-bond donors (Lipinski definition) is 1. The van der Waals surface area contributed by atoms with Gasteiger partial charge in [-0.05, 0) is 56.0 Å². The van der Waals surface area contributed by atoms with E-state index in [4.69, 9.17) is 17.7 Å². The molecule has 29 heavy (non-hydrogen) atoms. The Bertz CT molecular complexity index is 1410. The fourth-order valence-corrected chi connectivity index (χ4v) is 3.94. The van der Waals surface area contributed by atoms with Crippen molar-refractivity contribution in [2.45, 2.75) is 33.7 Å². The van der Waals surface area contributed by atoms with Gasteiger partial charge in [0.05, 0.1) is 33.7 Å². The number of nitrogens with one attached hydrogen (secondary N) is 1. The van der Waals surface area contributed by atoms with E-state index >= 15 is 0 Å². The van der Waals surface area contributed by atoms with Crippen LogP contribution in [0.5, 0.6) is 11.5 Å². The van der Waals surface area contributed by atoms with E-state index in [0.29, 0.717) is 35.3 Å². The van der Waals surface area contributed by atoms with Crippen LogP contribution < -0.4 is 20.7 Å². The maximum atomic E-state index is 12.9. The van der Waals surface area contributed by atoms with Crippen molar-refractivity contribution < 1.29 is 17.7 Å². The van der Waals surface area contributed by atoms with Gasteiger partial charge in [0.15, 0.2) is 11.5 Å². The van der Waals surface area contributed by atoms with Crippen molar-refractivity contribution in [3.63, 3.8) is 0 Å². The molecular weight excluding hydrogens is 366 g/mol. The lowest BCUT2D eigenvalue weighted by atomic mass is 9.97. The number of methoxy groups -OCH3 is 2. The third-order valence-electron chi connectivity index (χ3n) is 5.18. The normalized spacial score (nSPS) is 17.0. The summed E-state index contributed by atoms with van der Waals surface area (Å²) in [6.07, 6.45) is 0.411. The molecule has 0 fully saturated rings. The Morgan fingerprint density at radius 1 is 1.03 bits per heavy atom. The van der Waals surface area contributed by atoms with Crippen molar-refractivity contribution in [2.75, 3.05) is 14.1 Å². The summed E-state index contributed by atoms with van der Waals surface area (Å²) in [7, 11) is -5.63. The molecule has 4 rings (SSSR count). The van der Waals surface area contributed by atoms with Gasteiger partial charge in [-0.25, -0.2) is 9.79 Å². The summed E-state index contributed by atoms with van der Waals surface area (Å²) in [4.78, 5) is 20.4. The molecule has 1 N–H and O–H groups in total. The molecule has 0 unspecified atom stereocenters. The monoisotopic (exact) mass is 397 g/mol. The van der Waals surface area contributed by atoms with Crippen molar-refractivity contribution in [1.29, 1.82) is 0 Å². The number of hydrogen-bond acceptors (Lipinski definition) is 4. The summed E-state index contributed by atoms with van der Waals surface area (Å²) in [6, 6.07) is 8.59. The van der Waals surface area contributed by atoms with Gasteiger partial charge in [-0.1, -0.05) is 17.7 Å². The molecule has 0 amide bonds. The van der Waals surface area contributed by atoms with Crippen LogP contribution in [0.1, 0.15) is 30.5 Å². The Hall–Kier alpha value is -3.28. The Kier molecular flexibility index (Phi) is 3.27. The Morgan fingerprint density at radius 3 is 2.41 bits per heavy atom. The predicted molar refractivity (Wildman–Crippen MR) is 113 cm³/mol. The summed E-state index contributed by atoms with van der Waals surface area (Å²) < 4.78 is 56.3. The van der Waals surface area contributed by atoms with Gasteiger partial charge >= 0.3 is 5.69 Å². The number of H-pyrrole nitrogens is 1. The molecule has 0 atom stereocenters. The summed E-state index contributed by atoms with van der Waals surface area (Å²) in [5.41, 5.74) is 5.50. The van der Waals surface area contributed by atoms with E-state index in [2.05, 4.69) is 9.98 Å². The first-order chi connectivity index (χ1) is 16.2. The second-order valence-corrected chi connectivity index (χ2v) is 7.27. The highest BCUT2D eigenvalue weighted by molar-refractivity contribution is 5.70. The summed E-state index contributed by atoms with van der Waals surface area (Å²) in [5, 5.41) is 0. The van der Waals surface area contributed by atoms with Crippen LogP contribution in [-0.2, 0) is 13.0 Å². The third kappa shape index (κ3) is 3.35. The maximum absolute atomic E-state index is 12.9. The van der Waals surface area contributed by atoms with Crippen molar-refractivity contribution in [3.8, 4) is 22.8 Å². The smallest absolute Gasteiger partial charge is 0.327 e. The van der Waals surface area contributed by atoms with Crippen molar-refractivity contribution >= 4 is 5.69 Å². The average Bonchev–Trinajstić information content (AvgIpc) is 2.69. The Balaban J connectivity index is 1.92. The fraction of sp³-hybridized carbons (Fsp3) is 0.304. The number of aromatic nitrogens is 2. The first-order valence-electron chi connectivity index (χ1n) is 12.2. The van der Waals surface area contributed by atoms with Gasteiger partial charge < -0.3 is 9.47 Å². The van der Waals surface area contributed by atoms with Crippen molar-refractivity contribution in [3.05, 3.63) is 68.6 Å². The van der Waals surface area contributed by atoms with Crippen LogP contribution in [0.15, 0.2) is 40.1 Å². The number of fused-ring (bicyclic) bond motifs is 3. The van der Waals surface area contributed by atoms with Gasteiger partial charge in [0.2, 0.25) is 0 Å². The highest BCUT2D eigenvalue weighted by Gasteiger charge is 2.20. The molecule has 150 valence electrons. The molecule has 1 aromatic heterocycles. The van der Waals surface area contributed by atoms with E-state index in [0.717, 1.165) is 22.4 Å². The average molecular weight is 398 g/mol. The molecular formula is C23H25N3O3. The number of ether oxygens (including phenoxy) is 2. The zero-order chi connectivity index (χ0) is 25.7. The van der Waals surface area contributed by atoms with Crippen LogP contribution in [0.3, 0.4) is 0 Å². The zero-order valence-electron chi connectivity index (χ0n) is 22.4. The predicted octanol–water partition coefficient (Wildman–Crippen LogP) is 3.57. The molecule has 0 saturated heterocycles.